The average Bonchev–Trinajstić information content (AvgIpc) is 2.41. The normalized spacial score (nSPS) is 10.0. The van der Waals surface area contributed by atoms with Crippen LogP contribution in [0.5, 0.6) is 11.5 Å². The highest BCUT2D eigenvalue weighted by Gasteiger charge is 2.15. The molecule has 2 aromatic carbocycles. The van der Waals surface area contributed by atoms with Crippen LogP contribution in [0.15, 0.2) is 46.9 Å². The fourth-order valence-electron chi connectivity index (χ4n) is 1.62. The highest BCUT2D eigenvalue weighted by molar-refractivity contribution is 9.10. The highest BCUT2D eigenvalue weighted by Crippen LogP contribution is 2.30. The van der Waals surface area contributed by atoms with Crippen molar-refractivity contribution < 1.29 is 14.6 Å². The van der Waals surface area contributed by atoms with Crippen molar-refractivity contribution in [3.8, 4) is 11.5 Å². The Bertz CT molecular complexity index is 613. The van der Waals surface area contributed by atoms with E-state index in [-0.39, 0.29) is 17.1 Å². The molecule has 2 rings (SSSR count). The Morgan fingerprint density at radius 2 is 1.95 bits per heavy atom. The number of rotatable bonds is 3. The van der Waals surface area contributed by atoms with E-state index in [9.17, 15) is 9.90 Å². The summed E-state index contributed by atoms with van der Waals surface area (Å²) in [5.74, 6) is -0.308. The molecule has 4 nitrogen and oxygen atoms in total. The molecule has 19 heavy (non-hydrogen) atoms. The first-order valence-corrected chi connectivity index (χ1v) is 6.34. The number of phenolic OH excluding ortho intramolecular Hbond substituents is 1. The Labute approximate surface area is 119 Å². The lowest BCUT2D eigenvalue weighted by Gasteiger charge is -2.10. The van der Waals surface area contributed by atoms with Crippen molar-refractivity contribution in [2.75, 3.05) is 12.4 Å². The summed E-state index contributed by atoms with van der Waals surface area (Å²) in [5.41, 5.74) is 0.796. The number of nitrogens with one attached hydrogen (secondary N) is 1. The van der Waals surface area contributed by atoms with Gasteiger partial charge >= 0.3 is 0 Å². The van der Waals surface area contributed by atoms with E-state index in [1.54, 1.807) is 18.2 Å². The summed E-state index contributed by atoms with van der Waals surface area (Å²) >= 11 is 3.34. The van der Waals surface area contributed by atoms with Crippen molar-refractivity contribution in [2.45, 2.75) is 0 Å². The standard InChI is InChI=1S/C14H12BrNO3/c1-19-12-8-4-5-9(13(12)17)14(18)16-11-7-3-2-6-10(11)15/h2-8,17H,1H3,(H,16,18). The fraction of sp³-hybridized carbons (Fsp3) is 0.0714. The molecule has 98 valence electrons. The van der Waals surface area contributed by atoms with Crippen molar-refractivity contribution in [2.24, 2.45) is 0 Å². The van der Waals surface area contributed by atoms with Crippen molar-refractivity contribution in [1.29, 1.82) is 0 Å². The molecule has 0 atom stereocenters. The molecule has 0 spiro atoms. The van der Waals surface area contributed by atoms with Crippen LogP contribution in [0.2, 0.25) is 0 Å². The summed E-state index contributed by atoms with van der Waals surface area (Å²) in [4.78, 5) is 12.1. The minimum Gasteiger partial charge on any atom is -0.504 e. The van der Waals surface area contributed by atoms with Crippen molar-refractivity contribution >= 4 is 27.5 Å². The zero-order chi connectivity index (χ0) is 13.8. The van der Waals surface area contributed by atoms with E-state index in [1.165, 1.54) is 13.2 Å². The molecular formula is C14H12BrNO3. The summed E-state index contributed by atoms with van der Waals surface area (Å²) in [6.45, 7) is 0. The number of para-hydroxylation sites is 2. The minimum atomic E-state index is -0.400. The van der Waals surface area contributed by atoms with E-state index >= 15 is 0 Å². The Kier molecular flexibility index (Phi) is 4.06. The molecule has 0 fully saturated rings. The molecule has 2 aromatic rings. The molecular weight excluding hydrogens is 310 g/mol. The zero-order valence-electron chi connectivity index (χ0n) is 10.2. The van der Waals surface area contributed by atoms with Crippen LogP contribution in [0, 0.1) is 0 Å². The van der Waals surface area contributed by atoms with Gasteiger partial charge in [0.05, 0.1) is 18.4 Å². The summed E-state index contributed by atoms with van der Waals surface area (Å²) in [6.07, 6.45) is 0. The first-order chi connectivity index (χ1) is 9.13. The Morgan fingerprint density at radius 1 is 1.21 bits per heavy atom. The van der Waals surface area contributed by atoms with E-state index in [2.05, 4.69) is 21.2 Å². The van der Waals surface area contributed by atoms with Crippen LogP contribution in [0.1, 0.15) is 10.4 Å². The van der Waals surface area contributed by atoms with Crippen LogP contribution >= 0.6 is 15.9 Å². The number of hydrogen-bond acceptors (Lipinski definition) is 3. The second-order valence-corrected chi connectivity index (χ2v) is 4.64. The SMILES string of the molecule is COc1cccc(C(=O)Nc2ccccc2Br)c1O. The smallest absolute Gasteiger partial charge is 0.259 e. The number of anilines is 1. The number of benzene rings is 2. The average molecular weight is 322 g/mol. The molecule has 5 heteroatoms. The summed E-state index contributed by atoms with van der Waals surface area (Å²) in [6, 6.07) is 12.0. The van der Waals surface area contributed by atoms with Gasteiger partial charge < -0.3 is 15.2 Å². The predicted molar refractivity (Wildman–Crippen MR) is 76.8 cm³/mol. The van der Waals surface area contributed by atoms with Crippen LogP contribution in [0.3, 0.4) is 0 Å². The van der Waals surface area contributed by atoms with E-state index in [4.69, 9.17) is 4.74 Å². The number of amides is 1. The van der Waals surface area contributed by atoms with Gasteiger partial charge in [0.25, 0.3) is 5.91 Å². The number of halogens is 1. The molecule has 0 heterocycles. The number of phenols is 1. The fourth-order valence-corrected chi connectivity index (χ4v) is 2.01. The molecule has 0 saturated heterocycles. The minimum absolute atomic E-state index is 0.162. The van der Waals surface area contributed by atoms with Gasteiger partial charge in [-0.15, -0.1) is 0 Å². The quantitative estimate of drug-likeness (QED) is 0.910. The van der Waals surface area contributed by atoms with Gasteiger partial charge in [-0.3, -0.25) is 4.79 Å². The Hall–Kier alpha value is -2.01. The van der Waals surface area contributed by atoms with E-state index < -0.39 is 5.91 Å². The number of carbonyl (C=O) groups excluding carboxylic acids is 1. The van der Waals surface area contributed by atoms with Crippen LogP contribution in [0.25, 0.3) is 0 Å². The second-order valence-electron chi connectivity index (χ2n) is 3.79. The summed E-state index contributed by atoms with van der Waals surface area (Å²) < 4.78 is 5.74. The molecule has 0 radical (unpaired) electrons. The van der Waals surface area contributed by atoms with E-state index in [1.807, 2.05) is 18.2 Å². The molecule has 0 bridgehead atoms. The number of methoxy groups -OCH3 is 1. The van der Waals surface area contributed by atoms with Gasteiger partial charge in [-0.1, -0.05) is 18.2 Å². The van der Waals surface area contributed by atoms with E-state index in [0.29, 0.717) is 5.69 Å². The first kappa shape index (κ1) is 13.4. The predicted octanol–water partition coefficient (Wildman–Crippen LogP) is 3.42. The number of ether oxygens (including phenoxy) is 1. The van der Waals surface area contributed by atoms with E-state index in [0.717, 1.165) is 4.47 Å². The number of carbonyl (C=O) groups is 1. The van der Waals surface area contributed by atoms with Gasteiger partial charge in [-0.2, -0.15) is 0 Å². The lowest BCUT2D eigenvalue weighted by atomic mass is 10.1. The van der Waals surface area contributed by atoms with Gasteiger partial charge in [0.2, 0.25) is 0 Å². The molecule has 2 N–H and O–H groups in total. The zero-order valence-corrected chi connectivity index (χ0v) is 11.8. The van der Waals surface area contributed by atoms with Crippen LogP contribution in [-0.2, 0) is 0 Å². The van der Waals surface area contributed by atoms with Gasteiger partial charge in [0.15, 0.2) is 11.5 Å². The van der Waals surface area contributed by atoms with Crippen LogP contribution in [-0.4, -0.2) is 18.1 Å². The maximum Gasteiger partial charge on any atom is 0.259 e. The number of aromatic hydroxyl groups is 1. The third-order valence-electron chi connectivity index (χ3n) is 2.59. The van der Waals surface area contributed by atoms with Crippen LogP contribution < -0.4 is 10.1 Å². The summed E-state index contributed by atoms with van der Waals surface area (Å²) in [7, 11) is 1.44. The van der Waals surface area contributed by atoms with Gasteiger partial charge in [0.1, 0.15) is 0 Å². The third kappa shape index (κ3) is 2.88. The summed E-state index contributed by atoms with van der Waals surface area (Å²) in [5, 5.41) is 12.6. The molecule has 1 amide bonds. The Morgan fingerprint density at radius 3 is 2.63 bits per heavy atom. The van der Waals surface area contributed by atoms with Gasteiger partial charge in [-0.25, -0.2) is 0 Å². The molecule has 0 unspecified atom stereocenters. The molecule has 0 aliphatic heterocycles. The first-order valence-electron chi connectivity index (χ1n) is 5.55. The van der Waals surface area contributed by atoms with Crippen LogP contribution in [0.4, 0.5) is 5.69 Å². The third-order valence-corrected chi connectivity index (χ3v) is 3.28. The van der Waals surface area contributed by atoms with Crippen molar-refractivity contribution in [1.82, 2.24) is 0 Å². The lowest BCUT2D eigenvalue weighted by molar-refractivity contribution is 0.102. The molecule has 0 aliphatic rings. The lowest BCUT2D eigenvalue weighted by Crippen LogP contribution is -2.12. The maximum atomic E-state index is 12.1. The topological polar surface area (TPSA) is 58.6 Å². The van der Waals surface area contributed by atoms with Crippen molar-refractivity contribution in [3.05, 3.63) is 52.5 Å². The molecule has 0 saturated carbocycles. The second kappa shape index (κ2) is 5.75. The largest absolute Gasteiger partial charge is 0.504 e. The molecule has 0 aromatic heterocycles. The monoisotopic (exact) mass is 321 g/mol. The van der Waals surface area contributed by atoms with Gasteiger partial charge in [0, 0.05) is 4.47 Å². The highest BCUT2D eigenvalue weighted by atomic mass is 79.9. The van der Waals surface area contributed by atoms with Gasteiger partial charge in [-0.05, 0) is 40.2 Å². The molecule has 0 aliphatic carbocycles. The van der Waals surface area contributed by atoms with Crippen molar-refractivity contribution in [3.63, 3.8) is 0 Å². The Balaban J connectivity index is 2.28. The maximum absolute atomic E-state index is 12.1. The number of hydrogen-bond donors (Lipinski definition) is 2.